The van der Waals surface area contributed by atoms with Crippen LogP contribution >= 0.6 is 0 Å². The zero-order valence-electron chi connectivity index (χ0n) is 17.6. The van der Waals surface area contributed by atoms with Crippen LogP contribution in [0.1, 0.15) is 0 Å². The molecule has 0 aromatic heterocycles. The molecule has 0 amide bonds. The molecule has 0 atom stereocenters. The van der Waals surface area contributed by atoms with Gasteiger partial charge in [0.1, 0.15) is 5.60 Å². The van der Waals surface area contributed by atoms with Gasteiger partial charge in [-0.15, -0.1) is 0 Å². The van der Waals surface area contributed by atoms with E-state index in [1.54, 1.807) is 0 Å². The highest BCUT2D eigenvalue weighted by Crippen LogP contribution is 2.47. The maximum atomic E-state index is 11.3. The lowest BCUT2D eigenvalue weighted by molar-refractivity contribution is -0.228. The Kier molecular flexibility index (Phi) is 11.8. The lowest BCUT2D eigenvalue weighted by Crippen LogP contribution is -2.64. The normalized spacial score (nSPS) is 16.0. The number of aliphatic carboxylic acids is 4. The number of aliphatic hydroxyl groups excluding tert-OH is 2. The molecular formula is C20H22O15. The van der Waals surface area contributed by atoms with Crippen molar-refractivity contribution in [2.75, 3.05) is 13.2 Å². The second-order valence-electron chi connectivity index (χ2n) is 6.53. The number of hydrogen-bond acceptors (Lipinski definition) is 11. The van der Waals surface area contributed by atoms with Gasteiger partial charge in [0, 0.05) is 24.3 Å². The Morgan fingerprint density at radius 2 is 1.03 bits per heavy atom. The summed E-state index contributed by atoms with van der Waals surface area (Å²) in [7, 11) is 0. The topological polar surface area (TPSA) is 266 Å². The monoisotopic (exact) mass is 502 g/mol. The van der Waals surface area contributed by atoms with Crippen molar-refractivity contribution < 1.29 is 74.6 Å². The van der Waals surface area contributed by atoms with Crippen LogP contribution in [-0.2, 0) is 33.6 Å². The minimum absolute atomic E-state index is 0.289. The smallest absolute Gasteiger partial charge is 0.368 e. The van der Waals surface area contributed by atoms with Crippen molar-refractivity contribution in [3.8, 4) is 0 Å². The third kappa shape index (κ3) is 8.20. The summed E-state index contributed by atoms with van der Waals surface area (Å²) in [5, 5.41) is 76.4. The number of ether oxygens (including phenoxy) is 1. The van der Waals surface area contributed by atoms with Gasteiger partial charge in [-0.2, -0.15) is 5.26 Å². The Morgan fingerprint density at radius 3 is 1.34 bits per heavy atom. The molecule has 0 saturated heterocycles. The minimum Gasteiger partial charge on any atom is -0.485 e. The number of carbonyl (C=O) groups is 5. The third-order valence-electron chi connectivity index (χ3n) is 4.52. The van der Waals surface area contributed by atoms with Crippen LogP contribution in [0.5, 0.6) is 0 Å². The van der Waals surface area contributed by atoms with Crippen molar-refractivity contribution in [1.29, 1.82) is 0 Å². The molecule has 0 aromatic rings. The molecule has 0 bridgehead atoms. The predicted octanol–water partition coefficient (Wildman–Crippen LogP) is -1.46. The number of carbonyl (C=O) groups excluding carboxylic acids is 1. The molecule has 35 heavy (non-hydrogen) atoms. The van der Waals surface area contributed by atoms with E-state index in [1.165, 1.54) is 0 Å². The van der Waals surface area contributed by atoms with E-state index >= 15 is 0 Å². The number of carboxylic acid groups (broad SMARTS) is 4. The molecule has 0 unspecified atom stereocenters. The van der Waals surface area contributed by atoms with Crippen LogP contribution in [0, 0.1) is 5.41 Å². The standard InChI is InChI=1S/C20H22O15/c21-11-18(12-22,19(32,6-1-13(23)24)7-2-14(25)26)20(8-3-15(27)28,9-4-16(29)30)34-10-5-17(31)35-33/h1-10,21-22,32-33H,11-12H2,(H,23,24)(H,25,26)(H,27,28)(H,29,30). The first-order chi connectivity index (χ1) is 16.2. The number of aliphatic hydroxyl groups is 3. The summed E-state index contributed by atoms with van der Waals surface area (Å²) in [5.74, 6) is -8.19. The molecule has 0 radical (unpaired) electrons. The Labute approximate surface area is 196 Å². The Morgan fingerprint density at radius 1 is 0.657 bits per heavy atom. The molecule has 0 heterocycles. The second kappa shape index (κ2) is 13.4. The molecular weight excluding hydrogens is 480 g/mol. The van der Waals surface area contributed by atoms with E-state index in [1.807, 2.05) is 0 Å². The van der Waals surface area contributed by atoms with E-state index in [4.69, 9.17) is 30.4 Å². The van der Waals surface area contributed by atoms with Gasteiger partial charge in [0.05, 0.1) is 31.0 Å². The van der Waals surface area contributed by atoms with E-state index in [-0.39, 0.29) is 12.2 Å². The molecule has 0 fully saturated rings. The fraction of sp³-hybridized carbons (Fsp3) is 0.250. The second-order valence-corrected chi connectivity index (χ2v) is 6.53. The van der Waals surface area contributed by atoms with Crippen molar-refractivity contribution in [2.45, 2.75) is 11.2 Å². The quantitative estimate of drug-likeness (QED) is 0.0550. The summed E-state index contributed by atoms with van der Waals surface area (Å²) in [6, 6.07) is 0. The molecule has 0 spiro atoms. The average Bonchev–Trinajstić information content (AvgIpc) is 2.79. The maximum Gasteiger partial charge on any atom is 0.368 e. The first-order valence-corrected chi connectivity index (χ1v) is 9.07. The van der Waals surface area contributed by atoms with E-state index in [2.05, 4.69) is 4.89 Å². The number of carboxylic acids is 4. The van der Waals surface area contributed by atoms with Gasteiger partial charge in [-0.3, -0.25) is 4.89 Å². The SMILES string of the molecule is O=C(O)C=CC(O)(C=CC(=O)O)C(CO)(CO)C(C=CC(=O)O)(C=CC(=O)O)OC=CC(=O)OO. The highest BCUT2D eigenvalue weighted by Gasteiger charge is 2.61. The van der Waals surface area contributed by atoms with Gasteiger partial charge in [-0.05, 0) is 24.3 Å². The molecule has 0 aliphatic rings. The van der Waals surface area contributed by atoms with Crippen LogP contribution in [0.4, 0.5) is 0 Å². The van der Waals surface area contributed by atoms with Crippen molar-refractivity contribution in [2.24, 2.45) is 5.41 Å². The first kappa shape index (κ1) is 30.7. The minimum atomic E-state index is -3.01. The highest BCUT2D eigenvalue weighted by atomic mass is 17.1. The lowest BCUT2D eigenvalue weighted by Gasteiger charge is -2.51. The van der Waals surface area contributed by atoms with E-state index in [0.29, 0.717) is 48.8 Å². The third-order valence-corrected chi connectivity index (χ3v) is 4.52. The molecule has 0 aliphatic carbocycles. The fourth-order valence-corrected chi connectivity index (χ4v) is 2.82. The van der Waals surface area contributed by atoms with Crippen molar-refractivity contribution in [3.05, 3.63) is 60.9 Å². The fourth-order valence-electron chi connectivity index (χ4n) is 2.82. The highest BCUT2D eigenvalue weighted by molar-refractivity contribution is 5.83. The maximum absolute atomic E-state index is 11.3. The van der Waals surface area contributed by atoms with Gasteiger partial charge in [0.2, 0.25) is 0 Å². The Hall–Kier alpha value is -4.31. The predicted molar refractivity (Wildman–Crippen MR) is 110 cm³/mol. The van der Waals surface area contributed by atoms with Gasteiger partial charge in [-0.25, -0.2) is 24.0 Å². The first-order valence-electron chi connectivity index (χ1n) is 9.07. The summed E-state index contributed by atoms with van der Waals surface area (Å²) in [5.41, 5.74) is -8.56. The van der Waals surface area contributed by atoms with Crippen molar-refractivity contribution in [3.63, 3.8) is 0 Å². The summed E-state index contributed by atoms with van der Waals surface area (Å²) in [6.45, 7) is -2.89. The molecule has 192 valence electrons. The molecule has 15 heteroatoms. The van der Waals surface area contributed by atoms with E-state index in [0.717, 1.165) is 0 Å². The molecule has 0 aromatic carbocycles. The zero-order valence-corrected chi connectivity index (χ0v) is 17.6. The van der Waals surface area contributed by atoms with Crippen LogP contribution in [0.3, 0.4) is 0 Å². The molecule has 15 nitrogen and oxygen atoms in total. The lowest BCUT2D eigenvalue weighted by atomic mass is 9.60. The van der Waals surface area contributed by atoms with E-state index in [9.17, 15) is 39.3 Å². The Balaban J connectivity index is 7.67. The summed E-state index contributed by atoms with van der Waals surface area (Å²) < 4.78 is 5.27. The molecule has 0 rings (SSSR count). The van der Waals surface area contributed by atoms with Crippen LogP contribution in [0.15, 0.2) is 60.9 Å². The van der Waals surface area contributed by atoms with Crippen molar-refractivity contribution in [1.82, 2.24) is 0 Å². The van der Waals surface area contributed by atoms with Crippen LogP contribution in [0.25, 0.3) is 0 Å². The van der Waals surface area contributed by atoms with Crippen LogP contribution in [0.2, 0.25) is 0 Å². The van der Waals surface area contributed by atoms with Crippen LogP contribution < -0.4 is 0 Å². The van der Waals surface area contributed by atoms with Crippen LogP contribution in [-0.4, -0.2) is 95.3 Å². The summed E-state index contributed by atoms with van der Waals surface area (Å²) in [6.07, 6.45) is 3.88. The number of rotatable bonds is 15. The van der Waals surface area contributed by atoms with E-state index < -0.39 is 59.7 Å². The van der Waals surface area contributed by atoms with Gasteiger partial charge in [0.15, 0.2) is 5.60 Å². The zero-order chi connectivity index (χ0) is 27.3. The largest absolute Gasteiger partial charge is 0.485 e. The van der Waals surface area contributed by atoms with Crippen molar-refractivity contribution >= 4 is 29.8 Å². The summed E-state index contributed by atoms with van der Waals surface area (Å²) >= 11 is 0. The molecule has 8 N–H and O–H groups in total. The number of hydrogen-bond donors (Lipinski definition) is 8. The molecule has 0 aliphatic heterocycles. The average molecular weight is 502 g/mol. The Bertz CT molecular complexity index is 902. The van der Waals surface area contributed by atoms with Gasteiger partial charge in [-0.1, -0.05) is 0 Å². The van der Waals surface area contributed by atoms with Gasteiger partial charge in [0.25, 0.3) is 0 Å². The summed E-state index contributed by atoms with van der Waals surface area (Å²) in [4.78, 5) is 59.2. The van der Waals surface area contributed by atoms with Gasteiger partial charge >= 0.3 is 29.8 Å². The molecule has 0 saturated carbocycles. The van der Waals surface area contributed by atoms with Gasteiger partial charge < -0.3 is 40.5 Å².